The Balaban J connectivity index is 2.05. The summed E-state index contributed by atoms with van der Waals surface area (Å²) in [5.41, 5.74) is 7.05. The van der Waals surface area contributed by atoms with Crippen molar-refractivity contribution in [2.75, 3.05) is 19.6 Å². The molecule has 2 rings (SSSR count). The summed E-state index contributed by atoms with van der Waals surface area (Å²) in [4.78, 5) is 2.46. The second-order valence-electron chi connectivity index (χ2n) is 5.99. The Morgan fingerprint density at radius 3 is 2.76 bits per heavy atom. The first-order valence-corrected chi connectivity index (χ1v) is 7.99. The number of likely N-dealkylation sites (tertiary alicyclic amines) is 1. The fraction of sp³-hybridized carbons (Fsp3) is 0.588. The summed E-state index contributed by atoms with van der Waals surface area (Å²) in [7, 11) is 0. The van der Waals surface area contributed by atoms with Crippen molar-refractivity contribution in [2.45, 2.75) is 38.5 Å². The summed E-state index contributed by atoms with van der Waals surface area (Å²) in [5, 5.41) is 12.3. The van der Waals surface area contributed by atoms with Crippen molar-refractivity contribution in [2.24, 2.45) is 16.8 Å². The minimum absolute atomic E-state index is 0.0330. The van der Waals surface area contributed by atoms with Crippen LogP contribution >= 0.6 is 0 Å². The SMILES string of the molecule is CCC1CCCN(CC(C(N)=NO)c2ccccc2)CC1. The molecule has 21 heavy (non-hydrogen) atoms. The van der Waals surface area contributed by atoms with Crippen LogP contribution in [0.4, 0.5) is 0 Å². The minimum Gasteiger partial charge on any atom is -0.409 e. The largest absolute Gasteiger partial charge is 0.409 e. The third-order valence-electron chi connectivity index (χ3n) is 4.63. The van der Waals surface area contributed by atoms with Crippen molar-refractivity contribution in [1.29, 1.82) is 0 Å². The summed E-state index contributed by atoms with van der Waals surface area (Å²) in [6, 6.07) is 10.1. The van der Waals surface area contributed by atoms with Gasteiger partial charge in [0.25, 0.3) is 0 Å². The predicted molar refractivity (Wildman–Crippen MR) is 86.7 cm³/mol. The monoisotopic (exact) mass is 289 g/mol. The number of amidine groups is 1. The van der Waals surface area contributed by atoms with Gasteiger partial charge in [0.15, 0.2) is 0 Å². The van der Waals surface area contributed by atoms with Crippen molar-refractivity contribution in [3.63, 3.8) is 0 Å². The lowest BCUT2D eigenvalue weighted by Crippen LogP contribution is -2.35. The molecular weight excluding hydrogens is 262 g/mol. The van der Waals surface area contributed by atoms with Gasteiger partial charge in [-0.25, -0.2) is 0 Å². The number of hydrogen-bond acceptors (Lipinski definition) is 3. The zero-order chi connectivity index (χ0) is 15.1. The van der Waals surface area contributed by atoms with Crippen LogP contribution in [0.5, 0.6) is 0 Å². The highest BCUT2D eigenvalue weighted by atomic mass is 16.4. The smallest absolute Gasteiger partial charge is 0.147 e. The van der Waals surface area contributed by atoms with Crippen LogP contribution in [0.15, 0.2) is 35.5 Å². The number of benzene rings is 1. The molecule has 0 aromatic heterocycles. The van der Waals surface area contributed by atoms with Crippen LogP contribution in [0, 0.1) is 5.92 Å². The minimum atomic E-state index is -0.0330. The Morgan fingerprint density at radius 1 is 1.33 bits per heavy atom. The van der Waals surface area contributed by atoms with Gasteiger partial charge in [-0.05, 0) is 43.8 Å². The van der Waals surface area contributed by atoms with Crippen molar-refractivity contribution in [1.82, 2.24) is 4.90 Å². The molecule has 0 bridgehead atoms. The summed E-state index contributed by atoms with van der Waals surface area (Å²) >= 11 is 0. The highest BCUT2D eigenvalue weighted by Crippen LogP contribution is 2.23. The second-order valence-corrected chi connectivity index (χ2v) is 5.99. The van der Waals surface area contributed by atoms with Gasteiger partial charge in [0.2, 0.25) is 0 Å². The van der Waals surface area contributed by atoms with E-state index in [0.717, 1.165) is 31.1 Å². The van der Waals surface area contributed by atoms with E-state index in [-0.39, 0.29) is 5.92 Å². The molecule has 1 aliphatic heterocycles. The van der Waals surface area contributed by atoms with E-state index >= 15 is 0 Å². The van der Waals surface area contributed by atoms with E-state index in [9.17, 15) is 0 Å². The lowest BCUT2D eigenvalue weighted by molar-refractivity contribution is 0.272. The molecule has 0 saturated carbocycles. The Hall–Kier alpha value is -1.55. The number of oxime groups is 1. The number of nitrogens with zero attached hydrogens (tertiary/aromatic N) is 2. The number of hydrogen-bond donors (Lipinski definition) is 2. The highest BCUT2D eigenvalue weighted by molar-refractivity contribution is 5.87. The van der Waals surface area contributed by atoms with Crippen molar-refractivity contribution in [3.05, 3.63) is 35.9 Å². The van der Waals surface area contributed by atoms with Crippen molar-refractivity contribution >= 4 is 5.84 Å². The van der Waals surface area contributed by atoms with E-state index < -0.39 is 0 Å². The normalized spacial score (nSPS) is 22.7. The van der Waals surface area contributed by atoms with E-state index in [0.29, 0.717) is 5.84 Å². The Labute approximate surface area is 127 Å². The third kappa shape index (κ3) is 4.46. The van der Waals surface area contributed by atoms with Crippen LogP contribution in [0.3, 0.4) is 0 Å². The van der Waals surface area contributed by atoms with Crippen LogP contribution in [-0.4, -0.2) is 35.6 Å². The molecule has 1 fully saturated rings. The zero-order valence-electron chi connectivity index (χ0n) is 12.9. The standard InChI is InChI=1S/C17H27N3O/c1-2-14-7-6-11-20(12-10-14)13-16(17(18)19-21)15-8-4-3-5-9-15/h3-5,8-9,14,16,21H,2,6-7,10-13H2,1H3,(H2,18,19). The molecule has 0 amide bonds. The molecule has 1 aromatic rings. The predicted octanol–water partition coefficient (Wildman–Crippen LogP) is 3.03. The van der Waals surface area contributed by atoms with Crippen LogP contribution in [0.25, 0.3) is 0 Å². The topological polar surface area (TPSA) is 61.8 Å². The highest BCUT2D eigenvalue weighted by Gasteiger charge is 2.22. The van der Waals surface area contributed by atoms with E-state index in [4.69, 9.17) is 10.9 Å². The lowest BCUT2D eigenvalue weighted by Gasteiger charge is -2.26. The van der Waals surface area contributed by atoms with E-state index in [1.54, 1.807) is 0 Å². The van der Waals surface area contributed by atoms with Gasteiger partial charge in [-0.3, -0.25) is 0 Å². The maximum Gasteiger partial charge on any atom is 0.147 e. The summed E-state index contributed by atoms with van der Waals surface area (Å²) in [6.45, 7) is 5.33. The molecular formula is C17H27N3O. The summed E-state index contributed by atoms with van der Waals surface area (Å²) < 4.78 is 0. The van der Waals surface area contributed by atoms with Gasteiger partial charge >= 0.3 is 0 Å². The Morgan fingerprint density at radius 2 is 2.10 bits per heavy atom. The second kappa shape index (κ2) is 8.03. The van der Waals surface area contributed by atoms with Gasteiger partial charge in [0, 0.05) is 6.54 Å². The van der Waals surface area contributed by atoms with E-state index in [1.807, 2.05) is 18.2 Å². The third-order valence-corrected chi connectivity index (χ3v) is 4.63. The van der Waals surface area contributed by atoms with Gasteiger partial charge in [-0.2, -0.15) is 0 Å². The maximum absolute atomic E-state index is 9.08. The average molecular weight is 289 g/mol. The molecule has 0 spiro atoms. The van der Waals surface area contributed by atoms with Crippen LogP contribution in [-0.2, 0) is 0 Å². The molecule has 4 nitrogen and oxygen atoms in total. The Kier molecular flexibility index (Phi) is 6.05. The maximum atomic E-state index is 9.08. The molecule has 0 aliphatic carbocycles. The number of nitrogens with two attached hydrogens (primary N) is 1. The molecule has 2 atom stereocenters. The first kappa shape index (κ1) is 15.8. The first-order chi connectivity index (χ1) is 10.2. The molecule has 0 radical (unpaired) electrons. The first-order valence-electron chi connectivity index (χ1n) is 7.99. The average Bonchev–Trinajstić information content (AvgIpc) is 2.77. The molecule has 4 heteroatoms. The summed E-state index contributed by atoms with van der Waals surface area (Å²) in [6.07, 6.45) is 5.10. The molecule has 1 heterocycles. The van der Waals surface area contributed by atoms with E-state index in [1.165, 1.54) is 25.7 Å². The van der Waals surface area contributed by atoms with Gasteiger partial charge in [-0.1, -0.05) is 48.8 Å². The van der Waals surface area contributed by atoms with Gasteiger partial charge in [0.05, 0.1) is 5.92 Å². The van der Waals surface area contributed by atoms with Crippen LogP contribution in [0.2, 0.25) is 0 Å². The molecule has 1 aliphatic rings. The van der Waals surface area contributed by atoms with Crippen molar-refractivity contribution < 1.29 is 5.21 Å². The molecule has 116 valence electrons. The molecule has 1 saturated heterocycles. The van der Waals surface area contributed by atoms with Gasteiger partial charge in [0.1, 0.15) is 5.84 Å². The molecule has 3 N–H and O–H groups in total. The fourth-order valence-electron chi connectivity index (χ4n) is 3.20. The fourth-order valence-corrected chi connectivity index (χ4v) is 3.20. The Bertz CT molecular complexity index is 447. The summed E-state index contributed by atoms with van der Waals surface area (Å²) in [5.74, 6) is 1.13. The quantitative estimate of drug-likeness (QED) is 0.379. The van der Waals surface area contributed by atoms with Gasteiger partial charge < -0.3 is 15.8 Å². The van der Waals surface area contributed by atoms with Crippen LogP contribution in [0.1, 0.15) is 44.1 Å². The van der Waals surface area contributed by atoms with E-state index in [2.05, 4.69) is 29.1 Å². The zero-order valence-corrected chi connectivity index (χ0v) is 12.9. The molecule has 1 aromatic carbocycles. The van der Waals surface area contributed by atoms with Crippen LogP contribution < -0.4 is 5.73 Å². The number of rotatable bonds is 5. The van der Waals surface area contributed by atoms with Crippen molar-refractivity contribution in [3.8, 4) is 0 Å². The van der Waals surface area contributed by atoms with Gasteiger partial charge in [-0.15, -0.1) is 0 Å². The molecule has 2 unspecified atom stereocenters. The lowest BCUT2D eigenvalue weighted by atomic mass is 9.97.